The molecule has 0 aromatic heterocycles. The Labute approximate surface area is 177 Å². The fraction of sp³-hybridized carbons (Fsp3) is 0.895. The number of primary amides is 1. The number of nitrogens with one attached hydrogen (secondary N) is 2. The van der Waals surface area contributed by atoms with Crippen molar-refractivity contribution in [3.8, 4) is 0 Å². The number of carbonyl (C=O) groups excluding carboxylic acids is 1. The van der Waals surface area contributed by atoms with E-state index in [0.717, 1.165) is 57.8 Å². The maximum atomic E-state index is 11.2. The molecule has 1 amide bonds. The molecule has 26 heavy (non-hydrogen) atoms. The van der Waals surface area contributed by atoms with E-state index in [9.17, 15) is 4.79 Å². The van der Waals surface area contributed by atoms with Crippen molar-refractivity contribution in [2.45, 2.75) is 71.3 Å². The summed E-state index contributed by atoms with van der Waals surface area (Å²) < 4.78 is 0. The summed E-state index contributed by atoms with van der Waals surface area (Å²) in [5.41, 5.74) is 5.38. The Hall–Kier alpha value is -0.570. The Bertz CT molecular complexity index is 397. The third kappa shape index (κ3) is 11.2. The van der Waals surface area contributed by atoms with E-state index < -0.39 is 0 Å². The van der Waals surface area contributed by atoms with Crippen LogP contribution in [-0.2, 0) is 4.79 Å². The highest BCUT2D eigenvalue weighted by atomic mass is 127. The molecule has 0 saturated carbocycles. The van der Waals surface area contributed by atoms with Gasteiger partial charge in [-0.2, -0.15) is 0 Å². The number of carbonyl (C=O) groups is 1. The summed E-state index contributed by atoms with van der Waals surface area (Å²) in [6.07, 6.45) is 9.15. The summed E-state index contributed by atoms with van der Waals surface area (Å²) in [7, 11) is 1.83. The molecule has 1 heterocycles. The van der Waals surface area contributed by atoms with Crippen LogP contribution in [0.2, 0.25) is 0 Å². The van der Waals surface area contributed by atoms with E-state index >= 15 is 0 Å². The second kappa shape index (κ2) is 15.5. The molecule has 1 aliphatic heterocycles. The second-order valence-electron chi connectivity index (χ2n) is 7.27. The Morgan fingerprint density at radius 2 is 1.92 bits per heavy atom. The van der Waals surface area contributed by atoms with Crippen molar-refractivity contribution in [1.82, 2.24) is 15.5 Å². The topological polar surface area (TPSA) is 82.8 Å². The SMILES string of the molecule is CCCCCC(C)NC(=NC)NCCCCN1CCC(C(N)=O)CC1.I. The van der Waals surface area contributed by atoms with E-state index in [2.05, 4.69) is 34.4 Å². The van der Waals surface area contributed by atoms with Gasteiger partial charge in [-0.05, 0) is 58.7 Å². The standard InChI is InChI=1S/C19H39N5O.HI/c1-4-5-6-9-16(2)23-19(21-3)22-12-7-8-13-24-14-10-17(11-15-24)18(20)25;/h16-17H,4-15H2,1-3H3,(H2,20,25)(H2,21,22,23);1H. The predicted molar refractivity (Wildman–Crippen MR) is 121 cm³/mol. The van der Waals surface area contributed by atoms with Crippen molar-refractivity contribution < 1.29 is 4.79 Å². The number of guanidine groups is 1. The average molecular weight is 481 g/mol. The van der Waals surface area contributed by atoms with Crippen LogP contribution < -0.4 is 16.4 Å². The minimum absolute atomic E-state index is 0. The molecule has 0 bridgehead atoms. The number of rotatable bonds is 11. The molecule has 1 aliphatic rings. The van der Waals surface area contributed by atoms with Crippen LogP contribution in [0, 0.1) is 5.92 Å². The van der Waals surface area contributed by atoms with Gasteiger partial charge in [-0.15, -0.1) is 24.0 Å². The molecule has 1 atom stereocenters. The summed E-state index contributed by atoms with van der Waals surface area (Å²) in [4.78, 5) is 17.9. The number of nitrogens with zero attached hydrogens (tertiary/aromatic N) is 2. The van der Waals surface area contributed by atoms with E-state index in [1.165, 1.54) is 25.7 Å². The van der Waals surface area contributed by atoms with Crippen molar-refractivity contribution >= 4 is 35.8 Å². The van der Waals surface area contributed by atoms with Crippen molar-refractivity contribution in [3.63, 3.8) is 0 Å². The first-order valence-corrected chi connectivity index (χ1v) is 10.1. The molecule has 1 unspecified atom stereocenters. The molecule has 0 aromatic carbocycles. The van der Waals surface area contributed by atoms with Crippen LogP contribution in [-0.4, -0.2) is 56.0 Å². The minimum Gasteiger partial charge on any atom is -0.369 e. The molecule has 0 aliphatic carbocycles. The van der Waals surface area contributed by atoms with Gasteiger partial charge in [-0.25, -0.2) is 0 Å². The van der Waals surface area contributed by atoms with Gasteiger partial charge < -0.3 is 21.3 Å². The fourth-order valence-electron chi connectivity index (χ4n) is 3.31. The van der Waals surface area contributed by atoms with Gasteiger partial charge in [-0.1, -0.05) is 26.2 Å². The van der Waals surface area contributed by atoms with E-state index in [4.69, 9.17) is 5.73 Å². The van der Waals surface area contributed by atoms with Gasteiger partial charge in [0.1, 0.15) is 0 Å². The first-order chi connectivity index (χ1) is 12.1. The van der Waals surface area contributed by atoms with E-state index in [1.54, 1.807) is 0 Å². The number of hydrogen-bond donors (Lipinski definition) is 3. The van der Waals surface area contributed by atoms with E-state index in [-0.39, 0.29) is 35.8 Å². The lowest BCUT2D eigenvalue weighted by Crippen LogP contribution is -2.42. The third-order valence-corrected chi connectivity index (χ3v) is 5.03. The lowest BCUT2D eigenvalue weighted by atomic mass is 9.96. The van der Waals surface area contributed by atoms with Crippen molar-refractivity contribution in [2.24, 2.45) is 16.6 Å². The molecule has 0 radical (unpaired) electrons. The molecular weight excluding hydrogens is 441 g/mol. The van der Waals surface area contributed by atoms with Crippen LogP contribution in [0.3, 0.4) is 0 Å². The third-order valence-electron chi connectivity index (χ3n) is 5.03. The Morgan fingerprint density at radius 1 is 1.23 bits per heavy atom. The number of piperidine rings is 1. The van der Waals surface area contributed by atoms with Crippen LogP contribution in [0.5, 0.6) is 0 Å². The zero-order chi connectivity index (χ0) is 18.5. The summed E-state index contributed by atoms with van der Waals surface area (Å²) in [5, 5.41) is 6.88. The first kappa shape index (κ1) is 25.4. The summed E-state index contributed by atoms with van der Waals surface area (Å²) in [6, 6.07) is 0.462. The van der Waals surface area contributed by atoms with Gasteiger partial charge in [0.25, 0.3) is 0 Å². The van der Waals surface area contributed by atoms with Gasteiger partial charge in [0.2, 0.25) is 5.91 Å². The molecule has 0 spiro atoms. The maximum Gasteiger partial charge on any atom is 0.220 e. The smallest absolute Gasteiger partial charge is 0.220 e. The minimum atomic E-state index is -0.133. The molecular formula is C19H40IN5O. The quantitative estimate of drug-likeness (QED) is 0.184. The largest absolute Gasteiger partial charge is 0.369 e. The molecule has 7 heteroatoms. The molecule has 1 saturated heterocycles. The Morgan fingerprint density at radius 3 is 2.50 bits per heavy atom. The predicted octanol–water partition coefficient (Wildman–Crippen LogP) is 2.72. The Kier molecular flexibility index (Phi) is 15.1. The lowest BCUT2D eigenvalue weighted by molar-refractivity contribution is -0.123. The second-order valence-corrected chi connectivity index (χ2v) is 7.27. The van der Waals surface area contributed by atoms with Crippen LogP contribution >= 0.6 is 24.0 Å². The highest BCUT2D eigenvalue weighted by molar-refractivity contribution is 14.0. The molecule has 1 fully saturated rings. The molecule has 154 valence electrons. The van der Waals surface area contributed by atoms with Crippen molar-refractivity contribution in [3.05, 3.63) is 0 Å². The molecule has 4 N–H and O–H groups in total. The summed E-state index contributed by atoms with van der Waals surface area (Å²) in [5.74, 6) is 0.865. The van der Waals surface area contributed by atoms with Gasteiger partial charge >= 0.3 is 0 Å². The number of halogens is 1. The number of hydrogen-bond acceptors (Lipinski definition) is 3. The zero-order valence-corrected chi connectivity index (χ0v) is 19.3. The maximum absolute atomic E-state index is 11.2. The molecule has 6 nitrogen and oxygen atoms in total. The highest BCUT2D eigenvalue weighted by Crippen LogP contribution is 2.16. The number of aliphatic imine (C=N–C) groups is 1. The first-order valence-electron chi connectivity index (χ1n) is 10.1. The number of unbranched alkanes of at least 4 members (excludes halogenated alkanes) is 3. The monoisotopic (exact) mass is 481 g/mol. The number of nitrogens with two attached hydrogens (primary N) is 1. The van der Waals surface area contributed by atoms with Crippen LogP contribution in [0.25, 0.3) is 0 Å². The summed E-state index contributed by atoms with van der Waals surface area (Å²) in [6.45, 7) is 8.50. The van der Waals surface area contributed by atoms with Crippen molar-refractivity contribution in [1.29, 1.82) is 0 Å². The average Bonchev–Trinajstić information content (AvgIpc) is 2.61. The summed E-state index contributed by atoms with van der Waals surface area (Å²) >= 11 is 0. The number of likely N-dealkylation sites (tertiary alicyclic amines) is 1. The molecule has 1 rings (SSSR count). The zero-order valence-electron chi connectivity index (χ0n) is 16.9. The van der Waals surface area contributed by atoms with E-state index in [0.29, 0.717) is 6.04 Å². The normalized spacial score (nSPS) is 17.4. The van der Waals surface area contributed by atoms with Gasteiger partial charge in [0.15, 0.2) is 5.96 Å². The van der Waals surface area contributed by atoms with Crippen LogP contribution in [0.15, 0.2) is 4.99 Å². The van der Waals surface area contributed by atoms with Gasteiger partial charge in [0.05, 0.1) is 0 Å². The number of amides is 1. The molecule has 0 aromatic rings. The van der Waals surface area contributed by atoms with Crippen LogP contribution in [0.4, 0.5) is 0 Å². The fourth-order valence-corrected chi connectivity index (χ4v) is 3.31. The van der Waals surface area contributed by atoms with Crippen molar-refractivity contribution in [2.75, 3.05) is 33.2 Å². The lowest BCUT2D eigenvalue weighted by Gasteiger charge is -2.30. The Balaban J connectivity index is 0.00000625. The van der Waals surface area contributed by atoms with Gasteiger partial charge in [0, 0.05) is 25.6 Å². The van der Waals surface area contributed by atoms with Gasteiger partial charge in [-0.3, -0.25) is 9.79 Å². The highest BCUT2D eigenvalue weighted by Gasteiger charge is 2.22. The van der Waals surface area contributed by atoms with E-state index in [1.807, 2.05) is 7.05 Å². The van der Waals surface area contributed by atoms with Crippen LogP contribution in [0.1, 0.15) is 65.2 Å².